The lowest BCUT2D eigenvalue weighted by atomic mass is 9.75. The van der Waals surface area contributed by atoms with E-state index >= 15 is 0 Å². The predicted molar refractivity (Wildman–Crippen MR) is 86.7 cm³/mol. The van der Waals surface area contributed by atoms with Crippen LogP contribution in [0.3, 0.4) is 0 Å². The molecule has 1 atom stereocenters. The molecule has 0 radical (unpaired) electrons. The highest BCUT2D eigenvalue weighted by atomic mass is 32.1. The second-order valence-electron chi connectivity index (χ2n) is 6.52. The third-order valence-corrected chi connectivity index (χ3v) is 4.23. The highest BCUT2D eigenvalue weighted by Gasteiger charge is 2.28. The molecule has 2 rings (SSSR count). The summed E-state index contributed by atoms with van der Waals surface area (Å²) in [6.45, 7) is 6.80. The molecule has 104 valence electrons. The van der Waals surface area contributed by atoms with E-state index in [0.29, 0.717) is 16.4 Å². The van der Waals surface area contributed by atoms with Gasteiger partial charge in [0, 0.05) is 17.3 Å². The maximum absolute atomic E-state index is 5.81. The summed E-state index contributed by atoms with van der Waals surface area (Å²) < 4.78 is 0. The van der Waals surface area contributed by atoms with Gasteiger partial charge in [-0.25, -0.2) is 0 Å². The smallest absolute Gasteiger partial charge is 0.106 e. The number of hydrogen-bond donors (Lipinski definition) is 2. The molecule has 1 fully saturated rings. The molecular weight excluding hydrogens is 252 g/mol. The maximum Gasteiger partial charge on any atom is 0.106 e. The zero-order valence-corrected chi connectivity index (χ0v) is 12.9. The highest BCUT2D eigenvalue weighted by molar-refractivity contribution is 7.80. The van der Waals surface area contributed by atoms with Crippen molar-refractivity contribution in [2.75, 3.05) is 5.32 Å². The van der Waals surface area contributed by atoms with E-state index in [1.807, 2.05) is 6.07 Å². The largest absolute Gasteiger partial charge is 0.389 e. The van der Waals surface area contributed by atoms with Gasteiger partial charge in [-0.1, -0.05) is 38.6 Å². The molecule has 0 aromatic heterocycles. The van der Waals surface area contributed by atoms with Gasteiger partial charge >= 0.3 is 0 Å². The summed E-state index contributed by atoms with van der Waals surface area (Å²) in [6.07, 6.45) is 5.05. The monoisotopic (exact) mass is 276 g/mol. The van der Waals surface area contributed by atoms with Crippen LogP contribution in [0, 0.1) is 12.3 Å². The number of nitrogens with two attached hydrogens (primary N) is 1. The molecule has 19 heavy (non-hydrogen) atoms. The highest BCUT2D eigenvalue weighted by Crippen LogP contribution is 2.36. The summed E-state index contributed by atoms with van der Waals surface area (Å²) in [7, 11) is 0. The lowest BCUT2D eigenvalue weighted by molar-refractivity contribution is 0.229. The zero-order chi connectivity index (χ0) is 14.0. The fourth-order valence-corrected chi connectivity index (χ4v) is 3.21. The Labute approximate surface area is 121 Å². The van der Waals surface area contributed by atoms with E-state index in [1.54, 1.807) is 0 Å². The first-order chi connectivity index (χ1) is 8.87. The number of benzene rings is 1. The molecule has 0 bridgehead atoms. The van der Waals surface area contributed by atoms with E-state index in [0.717, 1.165) is 11.3 Å². The van der Waals surface area contributed by atoms with Gasteiger partial charge in [0.1, 0.15) is 4.99 Å². The second-order valence-corrected chi connectivity index (χ2v) is 6.95. The van der Waals surface area contributed by atoms with Crippen LogP contribution in [0.1, 0.15) is 50.7 Å². The van der Waals surface area contributed by atoms with Gasteiger partial charge in [0.15, 0.2) is 0 Å². The van der Waals surface area contributed by atoms with Crippen LogP contribution in [-0.2, 0) is 0 Å². The minimum atomic E-state index is 0.434. The van der Waals surface area contributed by atoms with Crippen LogP contribution < -0.4 is 11.1 Å². The molecule has 1 saturated carbocycles. The Morgan fingerprint density at radius 3 is 2.79 bits per heavy atom. The van der Waals surface area contributed by atoms with Crippen LogP contribution in [-0.4, -0.2) is 11.0 Å². The molecule has 1 aliphatic carbocycles. The molecule has 3 heteroatoms. The summed E-state index contributed by atoms with van der Waals surface area (Å²) in [4.78, 5) is 0.470. The first-order valence-electron chi connectivity index (χ1n) is 7.04. The van der Waals surface area contributed by atoms with Crippen LogP contribution >= 0.6 is 12.2 Å². The average Bonchev–Trinajstić information content (AvgIpc) is 2.27. The minimum absolute atomic E-state index is 0.434. The van der Waals surface area contributed by atoms with E-state index in [2.05, 4.69) is 38.2 Å². The molecule has 2 nitrogen and oxygen atoms in total. The first kappa shape index (κ1) is 14.3. The van der Waals surface area contributed by atoms with Gasteiger partial charge in [0.2, 0.25) is 0 Å². The standard InChI is InChI=1S/C16H24N2S/c1-11-6-7-13(15(17)19)14(9-11)18-12-5-4-8-16(2,3)10-12/h6-7,9,12,18H,4-5,8,10H2,1-3H3,(H2,17,19). The van der Waals surface area contributed by atoms with E-state index < -0.39 is 0 Å². The Kier molecular flexibility index (Phi) is 4.14. The molecule has 0 spiro atoms. The van der Waals surface area contributed by atoms with Crippen LogP contribution in [0.15, 0.2) is 18.2 Å². The fourth-order valence-electron chi connectivity index (χ4n) is 3.03. The van der Waals surface area contributed by atoms with Gasteiger partial charge in [-0.3, -0.25) is 0 Å². The average molecular weight is 276 g/mol. The Balaban J connectivity index is 2.18. The molecule has 0 saturated heterocycles. The minimum Gasteiger partial charge on any atom is -0.389 e. The molecule has 0 amide bonds. The van der Waals surface area contributed by atoms with Gasteiger partial charge < -0.3 is 11.1 Å². The molecule has 0 heterocycles. The number of anilines is 1. The van der Waals surface area contributed by atoms with Gasteiger partial charge in [-0.05, 0) is 49.3 Å². The summed E-state index contributed by atoms with van der Waals surface area (Å²) in [5.74, 6) is 0. The third-order valence-electron chi connectivity index (χ3n) is 4.01. The number of aryl methyl sites for hydroxylation is 1. The first-order valence-corrected chi connectivity index (χ1v) is 7.45. The molecule has 1 aromatic carbocycles. The maximum atomic E-state index is 5.81. The van der Waals surface area contributed by atoms with E-state index in [-0.39, 0.29) is 0 Å². The second kappa shape index (κ2) is 5.49. The van der Waals surface area contributed by atoms with Crippen molar-refractivity contribution in [3.8, 4) is 0 Å². The zero-order valence-electron chi connectivity index (χ0n) is 12.1. The Morgan fingerprint density at radius 1 is 1.42 bits per heavy atom. The molecule has 1 aromatic rings. The Bertz CT molecular complexity index is 480. The predicted octanol–water partition coefficient (Wildman–Crippen LogP) is 4.01. The van der Waals surface area contributed by atoms with Gasteiger partial charge in [-0.15, -0.1) is 0 Å². The van der Waals surface area contributed by atoms with Crippen LogP contribution in [0.25, 0.3) is 0 Å². The lowest BCUT2D eigenvalue weighted by Crippen LogP contribution is -2.32. The van der Waals surface area contributed by atoms with Crippen molar-refractivity contribution in [2.45, 2.75) is 52.5 Å². The van der Waals surface area contributed by atoms with Gasteiger partial charge in [-0.2, -0.15) is 0 Å². The van der Waals surface area contributed by atoms with Crippen molar-refractivity contribution in [2.24, 2.45) is 11.1 Å². The molecular formula is C16H24N2S. The molecule has 0 aliphatic heterocycles. The normalized spacial score (nSPS) is 21.9. The summed E-state index contributed by atoms with van der Waals surface area (Å²) in [5.41, 5.74) is 9.54. The van der Waals surface area contributed by atoms with Crippen molar-refractivity contribution in [1.82, 2.24) is 0 Å². The fraction of sp³-hybridized carbons (Fsp3) is 0.562. The van der Waals surface area contributed by atoms with Crippen molar-refractivity contribution in [3.63, 3.8) is 0 Å². The molecule has 3 N–H and O–H groups in total. The van der Waals surface area contributed by atoms with Crippen molar-refractivity contribution >= 4 is 22.9 Å². The number of nitrogens with one attached hydrogen (secondary N) is 1. The molecule has 1 aliphatic rings. The van der Waals surface area contributed by atoms with E-state index in [4.69, 9.17) is 18.0 Å². The lowest BCUT2D eigenvalue weighted by Gasteiger charge is -2.36. The SMILES string of the molecule is Cc1ccc(C(N)=S)c(NC2CCCC(C)(C)C2)c1. The topological polar surface area (TPSA) is 38.0 Å². The van der Waals surface area contributed by atoms with Crippen LogP contribution in [0.2, 0.25) is 0 Å². The van der Waals surface area contributed by atoms with Crippen molar-refractivity contribution in [3.05, 3.63) is 29.3 Å². The number of thiocarbonyl (C=S) groups is 1. The van der Waals surface area contributed by atoms with Gasteiger partial charge in [0.05, 0.1) is 0 Å². The summed E-state index contributed by atoms with van der Waals surface area (Å²) in [6, 6.07) is 6.76. The van der Waals surface area contributed by atoms with Crippen molar-refractivity contribution in [1.29, 1.82) is 0 Å². The number of rotatable bonds is 3. The molecule has 1 unspecified atom stereocenters. The third kappa shape index (κ3) is 3.69. The van der Waals surface area contributed by atoms with Crippen LogP contribution in [0.5, 0.6) is 0 Å². The number of hydrogen-bond acceptors (Lipinski definition) is 2. The van der Waals surface area contributed by atoms with Crippen LogP contribution in [0.4, 0.5) is 5.69 Å². The summed E-state index contributed by atoms with van der Waals surface area (Å²) >= 11 is 5.14. The van der Waals surface area contributed by atoms with E-state index in [9.17, 15) is 0 Å². The quantitative estimate of drug-likeness (QED) is 0.819. The summed E-state index contributed by atoms with van der Waals surface area (Å²) in [5, 5.41) is 3.66. The van der Waals surface area contributed by atoms with E-state index in [1.165, 1.54) is 31.2 Å². The van der Waals surface area contributed by atoms with Gasteiger partial charge in [0.25, 0.3) is 0 Å². The Hall–Kier alpha value is -1.09. The van der Waals surface area contributed by atoms with Crippen molar-refractivity contribution < 1.29 is 0 Å². The Morgan fingerprint density at radius 2 is 2.16 bits per heavy atom.